The highest BCUT2D eigenvalue weighted by molar-refractivity contribution is 8.00. The van der Waals surface area contributed by atoms with E-state index >= 15 is 0 Å². The van der Waals surface area contributed by atoms with E-state index in [0.717, 1.165) is 6.42 Å². The number of hydrogen-bond donors (Lipinski definition) is 0. The van der Waals surface area contributed by atoms with E-state index in [1.165, 1.54) is 16.9 Å². The van der Waals surface area contributed by atoms with Crippen LogP contribution in [-0.2, 0) is 11.2 Å². The van der Waals surface area contributed by atoms with Crippen molar-refractivity contribution < 1.29 is 4.74 Å². The van der Waals surface area contributed by atoms with Gasteiger partial charge in [0.15, 0.2) is 0 Å². The third kappa shape index (κ3) is 3.05. The summed E-state index contributed by atoms with van der Waals surface area (Å²) in [6.45, 7) is 6.84. The quantitative estimate of drug-likeness (QED) is 0.799. The fourth-order valence-corrected chi connectivity index (χ4v) is 3.47. The SMILES string of the molecule is COC1c2ccccc2CC1CSC(C)(C)C. The fourth-order valence-electron chi connectivity index (χ4n) is 2.46. The van der Waals surface area contributed by atoms with E-state index in [0.29, 0.717) is 16.8 Å². The molecule has 2 atom stereocenters. The zero-order chi connectivity index (χ0) is 12.5. The van der Waals surface area contributed by atoms with Gasteiger partial charge in [0.25, 0.3) is 0 Å². The molecule has 1 aromatic carbocycles. The van der Waals surface area contributed by atoms with Crippen LogP contribution in [0.15, 0.2) is 24.3 Å². The van der Waals surface area contributed by atoms with E-state index in [1.54, 1.807) is 0 Å². The summed E-state index contributed by atoms with van der Waals surface area (Å²) in [6.07, 6.45) is 1.46. The molecule has 0 bridgehead atoms. The Labute approximate surface area is 109 Å². The minimum atomic E-state index is 0.293. The smallest absolute Gasteiger partial charge is 0.0863 e. The van der Waals surface area contributed by atoms with Crippen LogP contribution < -0.4 is 0 Å². The first kappa shape index (κ1) is 13.0. The highest BCUT2D eigenvalue weighted by atomic mass is 32.2. The monoisotopic (exact) mass is 250 g/mol. The molecule has 0 radical (unpaired) electrons. The number of benzene rings is 1. The van der Waals surface area contributed by atoms with Gasteiger partial charge in [0.1, 0.15) is 0 Å². The van der Waals surface area contributed by atoms with Gasteiger partial charge in [-0.25, -0.2) is 0 Å². The maximum Gasteiger partial charge on any atom is 0.0863 e. The van der Waals surface area contributed by atoms with Gasteiger partial charge in [0, 0.05) is 17.8 Å². The minimum absolute atomic E-state index is 0.293. The molecule has 0 saturated carbocycles. The summed E-state index contributed by atoms with van der Waals surface area (Å²) in [4.78, 5) is 0. The molecule has 94 valence electrons. The lowest BCUT2D eigenvalue weighted by Crippen LogP contribution is -2.17. The lowest BCUT2D eigenvalue weighted by molar-refractivity contribution is 0.0711. The van der Waals surface area contributed by atoms with Gasteiger partial charge in [-0.15, -0.1) is 0 Å². The second-order valence-corrected chi connectivity index (χ2v) is 7.59. The molecule has 17 heavy (non-hydrogen) atoms. The summed E-state index contributed by atoms with van der Waals surface area (Å²) in [5, 5.41) is 0. The van der Waals surface area contributed by atoms with Crippen molar-refractivity contribution in [2.75, 3.05) is 12.9 Å². The van der Waals surface area contributed by atoms with Crippen molar-refractivity contribution in [3.05, 3.63) is 35.4 Å². The highest BCUT2D eigenvalue weighted by Gasteiger charge is 2.32. The van der Waals surface area contributed by atoms with Crippen LogP contribution in [0.4, 0.5) is 0 Å². The van der Waals surface area contributed by atoms with Crippen LogP contribution in [-0.4, -0.2) is 17.6 Å². The Morgan fingerprint density at radius 1 is 1.29 bits per heavy atom. The van der Waals surface area contributed by atoms with E-state index in [4.69, 9.17) is 4.74 Å². The van der Waals surface area contributed by atoms with E-state index in [1.807, 2.05) is 18.9 Å². The average molecular weight is 250 g/mol. The van der Waals surface area contributed by atoms with Crippen molar-refractivity contribution in [2.24, 2.45) is 5.92 Å². The molecule has 0 N–H and O–H groups in total. The molecule has 0 amide bonds. The molecule has 0 saturated heterocycles. The number of thioether (sulfide) groups is 1. The van der Waals surface area contributed by atoms with Crippen LogP contribution in [0.3, 0.4) is 0 Å². The molecule has 1 nitrogen and oxygen atoms in total. The summed E-state index contributed by atoms with van der Waals surface area (Å²) in [7, 11) is 1.83. The first-order chi connectivity index (χ1) is 8.01. The molecule has 1 aliphatic rings. The van der Waals surface area contributed by atoms with Crippen LogP contribution in [0.2, 0.25) is 0 Å². The van der Waals surface area contributed by atoms with Crippen molar-refractivity contribution in [1.82, 2.24) is 0 Å². The summed E-state index contributed by atoms with van der Waals surface area (Å²) in [5.41, 5.74) is 2.87. The maximum atomic E-state index is 5.70. The molecule has 0 fully saturated rings. The maximum absolute atomic E-state index is 5.70. The van der Waals surface area contributed by atoms with E-state index in [2.05, 4.69) is 45.0 Å². The van der Waals surface area contributed by atoms with Gasteiger partial charge in [-0.2, -0.15) is 11.8 Å². The van der Waals surface area contributed by atoms with Crippen LogP contribution in [0.5, 0.6) is 0 Å². The van der Waals surface area contributed by atoms with Crippen LogP contribution >= 0.6 is 11.8 Å². The number of fused-ring (bicyclic) bond motifs is 1. The minimum Gasteiger partial charge on any atom is -0.376 e. The van der Waals surface area contributed by atoms with Gasteiger partial charge in [0.2, 0.25) is 0 Å². The number of methoxy groups -OCH3 is 1. The summed E-state index contributed by atoms with van der Waals surface area (Å²) in [5.74, 6) is 1.80. The second-order valence-electron chi connectivity index (χ2n) is 5.74. The van der Waals surface area contributed by atoms with Crippen molar-refractivity contribution in [3.8, 4) is 0 Å². The molecule has 1 aromatic rings. The van der Waals surface area contributed by atoms with Gasteiger partial charge >= 0.3 is 0 Å². The molecular weight excluding hydrogens is 228 g/mol. The standard InChI is InChI=1S/C15H22OS/c1-15(2,3)17-10-12-9-11-7-5-6-8-13(11)14(12)16-4/h5-8,12,14H,9-10H2,1-4H3. The van der Waals surface area contributed by atoms with Gasteiger partial charge < -0.3 is 4.74 Å². The third-order valence-corrected chi connectivity index (χ3v) is 4.72. The highest BCUT2D eigenvalue weighted by Crippen LogP contribution is 2.41. The Bertz CT molecular complexity index is 381. The molecule has 0 heterocycles. The molecule has 0 spiro atoms. The van der Waals surface area contributed by atoms with Crippen molar-refractivity contribution in [2.45, 2.75) is 38.0 Å². The predicted molar refractivity (Wildman–Crippen MR) is 75.6 cm³/mol. The van der Waals surface area contributed by atoms with Crippen LogP contribution in [0, 0.1) is 5.92 Å². The van der Waals surface area contributed by atoms with Gasteiger partial charge in [-0.1, -0.05) is 45.0 Å². The predicted octanol–water partition coefficient (Wildman–Crippen LogP) is 4.08. The number of hydrogen-bond acceptors (Lipinski definition) is 2. The van der Waals surface area contributed by atoms with Crippen LogP contribution in [0.25, 0.3) is 0 Å². The first-order valence-corrected chi connectivity index (χ1v) is 7.24. The zero-order valence-corrected chi connectivity index (χ0v) is 12.0. The fraction of sp³-hybridized carbons (Fsp3) is 0.600. The van der Waals surface area contributed by atoms with Crippen LogP contribution in [0.1, 0.15) is 38.0 Å². The molecule has 2 rings (SSSR count). The zero-order valence-electron chi connectivity index (χ0n) is 11.2. The van der Waals surface area contributed by atoms with Gasteiger partial charge in [-0.3, -0.25) is 0 Å². The molecule has 0 aliphatic heterocycles. The van der Waals surface area contributed by atoms with E-state index in [9.17, 15) is 0 Å². The van der Waals surface area contributed by atoms with Gasteiger partial charge in [0.05, 0.1) is 6.10 Å². The molecule has 2 unspecified atom stereocenters. The Kier molecular flexibility index (Phi) is 3.84. The Morgan fingerprint density at radius 2 is 2.00 bits per heavy atom. The van der Waals surface area contributed by atoms with E-state index < -0.39 is 0 Å². The normalized spacial score (nSPS) is 23.8. The Hall–Kier alpha value is -0.470. The molecule has 1 aliphatic carbocycles. The van der Waals surface area contributed by atoms with Gasteiger partial charge in [-0.05, 0) is 23.3 Å². The topological polar surface area (TPSA) is 9.23 Å². The van der Waals surface area contributed by atoms with Crippen molar-refractivity contribution in [1.29, 1.82) is 0 Å². The molecule has 0 aromatic heterocycles. The van der Waals surface area contributed by atoms with E-state index in [-0.39, 0.29) is 0 Å². The molecular formula is C15H22OS. The number of ether oxygens (including phenoxy) is 1. The lowest BCUT2D eigenvalue weighted by Gasteiger charge is -2.24. The first-order valence-electron chi connectivity index (χ1n) is 6.26. The molecule has 2 heteroatoms. The van der Waals surface area contributed by atoms with Crippen molar-refractivity contribution >= 4 is 11.8 Å². The average Bonchev–Trinajstić information content (AvgIpc) is 2.63. The Balaban J connectivity index is 2.07. The second kappa shape index (κ2) is 5.03. The number of rotatable bonds is 3. The summed E-state index contributed by atoms with van der Waals surface area (Å²) < 4.78 is 6.04. The Morgan fingerprint density at radius 3 is 2.65 bits per heavy atom. The largest absolute Gasteiger partial charge is 0.376 e. The van der Waals surface area contributed by atoms with Crippen molar-refractivity contribution in [3.63, 3.8) is 0 Å². The lowest BCUT2D eigenvalue weighted by atomic mass is 10.1. The summed E-state index contributed by atoms with van der Waals surface area (Å²) >= 11 is 2.04. The summed E-state index contributed by atoms with van der Waals surface area (Å²) in [6, 6.07) is 8.70. The third-order valence-electron chi connectivity index (χ3n) is 3.26.